The largest absolute Gasteiger partial charge is 0.500 e. The number of hydrogen-bond donors (Lipinski definition) is 1. The molecule has 2 heterocycles. The van der Waals surface area contributed by atoms with Gasteiger partial charge in [-0.05, 0) is 18.1 Å². The van der Waals surface area contributed by atoms with Crippen molar-refractivity contribution in [2.45, 2.75) is 24.5 Å². The van der Waals surface area contributed by atoms with E-state index < -0.39 is 6.30 Å². The molecule has 0 saturated heterocycles. The molecule has 1 N–H and O–H groups in total. The molecule has 3 nitrogen and oxygen atoms in total. The van der Waals surface area contributed by atoms with Gasteiger partial charge in [0.15, 0.2) is 0 Å². The zero-order valence-electron chi connectivity index (χ0n) is 9.45. The minimum Gasteiger partial charge on any atom is -0.249 e. The maximum atomic E-state index is 12.6. The van der Waals surface area contributed by atoms with Gasteiger partial charge in [-0.3, -0.25) is 0 Å². The summed E-state index contributed by atoms with van der Waals surface area (Å²) in [5, 5.41) is 2.17. The third-order valence-corrected chi connectivity index (χ3v) is 4.02. The van der Waals surface area contributed by atoms with E-state index in [1.165, 1.54) is 16.8 Å². The van der Waals surface area contributed by atoms with E-state index in [0.717, 1.165) is 28.8 Å². The lowest BCUT2D eigenvalue weighted by atomic mass is 10.1. The summed E-state index contributed by atoms with van der Waals surface area (Å²) < 4.78 is 37.7. The summed E-state index contributed by atoms with van der Waals surface area (Å²) in [6.45, 7) is 2.03. The Kier molecular flexibility index (Phi) is 2.49. The number of anilines is 1. The summed E-state index contributed by atoms with van der Waals surface area (Å²) in [4.78, 5) is 1.03. The molecule has 1 aromatic rings. The van der Waals surface area contributed by atoms with Crippen molar-refractivity contribution in [3.63, 3.8) is 0 Å². The van der Waals surface area contributed by atoms with Crippen LogP contribution >= 0.6 is 11.8 Å². The second-order valence-electron chi connectivity index (χ2n) is 3.96. The number of aryl methyl sites for hydroxylation is 1. The van der Waals surface area contributed by atoms with Crippen molar-refractivity contribution in [2.24, 2.45) is 0 Å². The van der Waals surface area contributed by atoms with Crippen molar-refractivity contribution in [2.75, 3.05) is 5.01 Å². The third kappa shape index (κ3) is 1.65. The zero-order chi connectivity index (χ0) is 12.9. The molecular weight excluding hydrogens is 263 g/mol. The van der Waals surface area contributed by atoms with E-state index >= 15 is 0 Å². The van der Waals surface area contributed by atoms with Gasteiger partial charge in [-0.25, -0.2) is 10.0 Å². The van der Waals surface area contributed by atoms with Gasteiger partial charge in [0.25, 0.3) is 0 Å². The number of rotatable bonds is 1. The number of hydrazine groups is 2. The summed E-state index contributed by atoms with van der Waals surface area (Å²) in [5.41, 5.74) is 4.25. The van der Waals surface area contributed by atoms with Gasteiger partial charge in [-0.2, -0.15) is 0 Å². The van der Waals surface area contributed by atoms with Gasteiger partial charge in [0.1, 0.15) is 5.03 Å². The molecule has 2 aliphatic heterocycles. The molecule has 3 rings (SSSR count). The van der Waals surface area contributed by atoms with Crippen LogP contribution < -0.4 is 10.5 Å². The molecule has 0 saturated carbocycles. The van der Waals surface area contributed by atoms with Crippen molar-refractivity contribution in [1.82, 2.24) is 10.5 Å². The Morgan fingerprint density at radius 2 is 2.11 bits per heavy atom. The maximum absolute atomic E-state index is 12.6. The van der Waals surface area contributed by atoms with Crippen LogP contribution in [0.25, 0.3) is 0 Å². The highest BCUT2D eigenvalue weighted by Gasteiger charge is 2.43. The van der Waals surface area contributed by atoms with Crippen LogP contribution in [0.15, 0.2) is 34.3 Å². The van der Waals surface area contributed by atoms with Crippen molar-refractivity contribution in [3.05, 3.63) is 35.0 Å². The molecule has 0 radical (unpaired) electrons. The number of nitrogens with zero attached hydrogens (tertiary/aromatic N) is 2. The molecule has 7 heteroatoms. The lowest BCUT2D eigenvalue weighted by Gasteiger charge is -2.23. The Labute approximate surface area is 106 Å². The normalized spacial score (nSPS) is 17.9. The number of halogens is 3. The second kappa shape index (κ2) is 3.83. The van der Waals surface area contributed by atoms with Gasteiger partial charge in [-0.1, -0.05) is 30.8 Å². The molecule has 0 bridgehead atoms. The molecule has 0 fully saturated rings. The minimum absolute atomic E-state index is 0.164. The molecule has 0 amide bonds. The highest BCUT2D eigenvalue weighted by Crippen LogP contribution is 2.49. The van der Waals surface area contributed by atoms with E-state index in [-0.39, 0.29) is 5.01 Å². The summed E-state index contributed by atoms with van der Waals surface area (Å²) in [6, 6.07) is 5.67. The first-order valence-corrected chi connectivity index (χ1v) is 6.26. The number of thioether (sulfide) groups is 1. The average Bonchev–Trinajstić information content (AvgIpc) is 2.84. The topological polar surface area (TPSA) is 18.5 Å². The number of alkyl halides is 3. The quantitative estimate of drug-likeness (QED) is 0.792. The first kappa shape index (κ1) is 11.7. The Hall–Kier alpha value is -1.34. The van der Waals surface area contributed by atoms with E-state index in [4.69, 9.17) is 0 Å². The fraction of sp³-hybridized carbons (Fsp3) is 0.273. The van der Waals surface area contributed by atoms with Crippen LogP contribution in [0.4, 0.5) is 18.9 Å². The van der Waals surface area contributed by atoms with Crippen LogP contribution in [-0.2, 0) is 6.42 Å². The fourth-order valence-electron chi connectivity index (χ4n) is 1.98. The highest BCUT2D eigenvalue weighted by atomic mass is 32.2. The van der Waals surface area contributed by atoms with E-state index in [1.54, 1.807) is 0 Å². The zero-order valence-corrected chi connectivity index (χ0v) is 10.3. The lowest BCUT2D eigenvalue weighted by molar-refractivity contribution is -0.241. The molecule has 0 atom stereocenters. The van der Waals surface area contributed by atoms with E-state index in [1.807, 2.05) is 25.1 Å². The summed E-state index contributed by atoms with van der Waals surface area (Å²) in [5.74, 6) is 0. The Morgan fingerprint density at radius 3 is 2.78 bits per heavy atom. The Balaban J connectivity index is 1.96. The smallest absolute Gasteiger partial charge is 0.249 e. The molecule has 0 aromatic heterocycles. The Bertz CT molecular complexity index is 527. The summed E-state index contributed by atoms with van der Waals surface area (Å²) >= 11 is 1.36. The Morgan fingerprint density at radius 1 is 1.33 bits per heavy atom. The van der Waals surface area contributed by atoms with E-state index in [9.17, 15) is 13.2 Å². The SMILES string of the molecule is CCc1cccc2c1SC1=CN(C(F)(F)F)NN12. The molecule has 96 valence electrons. The molecule has 0 unspecified atom stereocenters. The van der Waals surface area contributed by atoms with E-state index in [0.29, 0.717) is 5.03 Å². The minimum atomic E-state index is -4.42. The predicted molar refractivity (Wildman–Crippen MR) is 63.3 cm³/mol. The van der Waals surface area contributed by atoms with Crippen LogP contribution in [0.3, 0.4) is 0 Å². The van der Waals surface area contributed by atoms with Gasteiger partial charge >= 0.3 is 6.30 Å². The number of nitrogens with one attached hydrogen (secondary N) is 1. The van der Waals surface area contributed by atoms with Crippen molar-refractivity contribution < 1.29 is 13.2 Å². The lowest BCUT2D eigenvalue weighted by Crippen LogP contribution is -2.46. The van der Waals surface area contributed by atoms with Crippen molar-refractivity contribution in [1.29, 1.82) is 0 Å². The fourth-order valence-corrected chi connectivity index (χ4v) is 3.18. The molecule has 1 aromatic carbocycles. The van der Waals surface area contributed by atoms with Crippen LogP contribution in [0.2, 0.25) is 0 Å². The van der Waals surface area contributed by atoms with Gasteiger partial charge in [-0.15, -0.1) is 18.7 Å². The van der Waals surface area contributed by atoms with Gasteiger partial charge in [0.05, 0.1) is 11.9 Å². The third-order valence-electron chi connectivity index (χ3n) is 2.85. The van der Waals surface area contributed by atoms with Crippen LogP contribution in [0.1, 0.15) is 12.5 Å². The van der Waals surface area contributed by atoms with Gasteiger partial charge in [0, 0.05) is 4.90 Å². The van der Waals surface area contributed by atoms with E-state index in [2.05, 4.69) is 5.53 Å². The molecular formula is C11H10F3N3S. The summed E-state index contributed by atoms with van der Waals surface area (Å²) in [7, 11) is 0. The molecule has 0 spiro atoms. The average molecular weight is 273 g/mol. The van der Waals surface area contributed by atoms with Crippen LogP contribution in [-0.4, -0.2) is 11.3 Å². The first-order valence-electron chi connectivity index (χ1n) is 5.44. The maximum Gasteiger partial charge on any atom is 0.500 e. The molecule has 2 aliphatic rings. The second-order valence-corrected chi connectivity index (χ2v) is 4.99. The predicted octanol–water partition coefficient (Wildman–Crippen LogP) is 3.22. The van der Waals surface area contributed by atoms with Crippen molar-refractivity contribution in [3.8, 4) is 0 Å². The number of hydrogen-bond acceptors (Lipinski definition) is 4. The number of fused-ring (bicyclic) bond motifs is 3. The van der Waals surface area contributed by atoms with Crippen LogP contribution in [0, 0.1) is 0 Å². The monoisotopic (exact) mass is 273 g/mol. The standard InChI is InChI=1S/C11H10F3N3S/c1-2-7-4-3-5-8-10(7)18-9-6-16(11(12,13)14)15-17(8)9/h3-6,15H,2H2,1H3. The highest BCUT2D eigenvalue weighted by molar-refractivity contribution is 8.03. The summed E-state index contributed by atoms with van der Waals surface area (Å²) in [6.07, 6.45) is -2.48. The van der Waals surface area contributed by atoms with Crippen molar-refractivity contribution >= 4 is 17.4 Å². The first-order chi connectivity index (χ1) is 8.50. The van der Waals surface area contributed by atoms with Crippen LogP contribution in [0.5, 0.6) is 0 Å². The van der Waals surface area contributed by atoms with Gasteiger partial charge < -0.3 is 0 Å². The number of benzene rings is 1. The van der Waals surface area contributed by atoms with Gasteiger partial charge in [0.2, 0.25) is 0 Å². The molecule has 0 aliphatic carbocycles. The molecule has 18 heavy (non-hydrogen) atoms.